The largest absolute Gasteiger partial charge is 0.478 e. The Morgan fingerprint density at radius 2 is 1.83 bits per heavy atom. The molecule has 0 saturated carbocycles. The molecular formula is C13H14N2O3. The SMILES string of the molecule is O=C(Nc1ccccc1C(=O)O)NC1CC=CC1. The Morgan fingerprint density at radius 3 is 2.50 bits per heavy atom. The highest BCUT2D eigenvalue weighted by molar-refractivity contribution is 6.00. The fourth-order valence-corrected chi connectivity index (χ4v) is 1.86. The van der Waals surface area contributed by atoms with Gasteiger partial charge in [0.25, 0.3) is 0 Å². The molecule has 0 bridgehead atoms. The number of nitrogens with one attached hydrogen (secondary N) is 2. The van der Waals surface area contributed by atoms with Gasteiger partial charge in [0.05, 0.1) is 11.3 Å². The van der Waals surface area contributed by atoms with Crippen LogP contribution in [0, 0.1) is 0 Å². The van der Waals surface area contributed by atoms with Crippen LogP contribution in [0.5, 0.6) is 0 Å². The molecule has 94 valence electrons. The van der Waals surface area contributed by atoms with Gasteiger partial charge in [-0.05, 0) is 25.0 Å². The van der Waals surface area contributed by atoms with Crippen LogP contribution in [0.2, 0.25) is 0 Å². The van der Waals surface area contributed by atoms with Crippen molar-refractivity contribution in [2.45, 2.75) is 18.9 Å². The van der Waals surface area contributed by atoms with Crippen LogP contribution >= 0.6 is 0 Å². The smallest absolute Gasteiger partial charge is 0.337 e. The molecular weight excluding hydrogens is 232 g/mol. The fourth-order valence-electron chi connectivity index (χ4n) is 1.86. The average Bonchev–Trinajstić information content (AvgIpc) is 2.82. The van der Waals surface area contributed by atoms with Gasteiger partial charge in [0.2, 0.25) is 0 Å². The summed E-state index contributed by atoms with van der Waals surface area (Å²) >= 11 is 0. The maximum atomic E-state index is 11.7. The summed E-state index contributed by atoms with van der Waals surface area (Å²) < 4.78 is 0. The van der Waals surface area contributed by atoms with Gasteiger partial charge in [-0.2, -0.15) is 0 Å². The summed E-state index contributed by atoms with van der Waals surface area (Å²) in [6, 6.07) is 6.04. The zero-order valence-corrected chi connectivity index (χ0v) is 9.72. The standard InChI is InChI=1S/C13H14N2O3/c16-12(17)10-7-3-4-8-11(10)15-13(18)14-9-5-1-2-6-9/h1-4,7-9H,5-6H2,(H,16,17)(H2,14,15,18). The van der Waals surface area contributed by atoms with Crippen molar-refractivity contribution >= 4 is 17.7 Å². The minimum Gasteiger partial charge on any atom is -0.478 e. The predicted molar refractivity (Wildman–Crippen MR) is 67.7 cm³/mol. The number of carboxylic acid groups (broad SMARTS) is 1. The molecule has 0 heterocycles. The van der Waals surface area contributed by atoms with E-state index in [-0.39, 0.29) is 17.6 Å². The van der Waals surface area contributed by atoms with Crippen molar-refractivity contribution in [3.05, 3.63) is 42.0 Å². The molecule has 1 aliphatic rings. The van der Waals surface area contributed by atoms with Crippen LogP contribution in [0.25, 0.3) is 0 Å². The average molecular weight is 246 g/mol. The number of hydrogen-bond acceptors (Lipinski definition) is 2. The Balaban J connectivity index is 2.00. The molecule has 0 atom stereocenters. The quantitative estimate of drug-likeness (QED) is 0.715. The maximum absolute atomic E-state index is 11.7. The van der Waals surface area contributed by atoms with E-state index < -0.39 is 5.97 Å². The lowest BCUT2D eigenvalue weighted by molar-refractivity contribution is 0.0698. The van der Waals surface area contributed by atoms with Gasteiger partial charge in [0, 0.05) is 6.04 Å². The van der Waals surface area contributed by atoms with E-state index in [0.29, 0.717) is 5.69 Å². The van der Waals surface area contributed by atoms with Gasteiger partial charge in [0.15, 0.2) is 0 Å². The first-order chi connectivity index (χ1) is 8.66. The normalized spacial score (nSPS) is 14.4. The Bertz CT molecular complexity index is 489. The maximum Gasteiger partial charge on any atom is 0.337 e. The van der Waals surface area contributed by atoms with E-state index in [9.17, 15) is 9.59 Å². The Morgan fingerprint density at radius 1 is 1.17 bits per heavy atom. The molecule has 18 heavy (non-hydrogen) atoms. The highest BCUT2D eigenvalue weighted by Gasteiger charge is 2.15. The number of para-hydroxylation sites is 1. The van der Waals surface area contributed by atoms with Gasteiger partial charge < -0.3 is 15.7 Å². The minimum atomic E-state index is -1.06. The molecule has 1 aromatic carbocycles. The third kappa shape index (κ3) is 2.88. The minimum absolute atomic E-state index is 0.0807. The summed E-state index contributed by atoms with van der Waals surface area (Å²) in [6.45, 7) is 0. The molecule has 5 nitrogen and oxygen atoms in total. The van der Waals surface area contributed by atoms with E-state index in [4.69, 9.17) is 5.11 Å². The molecule has 0 unspecified atom stereocenters. The number of benzene rings is 1. The lowest BCUT2D eigenvalue weighted by Gasteiger charge is -2.14. The van der Waals surface area contributed by atoms with Gasteiger partial charge >= 0.3 is 12.0 Å². The molecule has 1 aromatic rings. The molecule has 0 fully saturated rings. The van der Waals surface area contributed by atoms with E-state index >= 15 is 0 Å². The monoisotopic (exact) mass is 246 g/mol. The zero-order valence-electron chi connectivity index (χ0n) is 9.72. The van der Waals surface area contributed by atoms with Crippen LogP contribution in [0.1, 0.15) is 23.2 Å². The van der Waals surface area contributed by atoms with E-state index in [1.54, 1.807) is 18.2 Å². The van der Waals surface area contributed by atoms with Crippen LogP contribution in [0.3, 0.4) is 0 Å². The van der Waals surface area contributed by atoms with Gasteiger partial charge in [-0.1, -0.05) is 24.3 Å². The topological polar surface area (TPSA) is 78.4 Å². The fraction of sp³-hybridized carbons (Fsp3) is 0.231. The van der Waals surface area contributed by atoms with Crippen LogP contribution < -0.4 is 10.6 Å². The summed E-state index contributed by atoms with van der Waals surface area (Å²) in [4.78, 5) is 22.7. The van der Waals surface area contributed by atoms with Crippen LogP contribution in [0.4, 0.5) is 10.5 Å². The zero-order chi connectivity index (χ0) is 13.0. The number of rotatable bonds is 3. The number of aromatic carboxylic acids is 1. The number of anilines is 1. The Hall–Kier alpha value is -2.30. The lowest BCUT2D eigenvalue weighted by Crippen LogP contribution is -2.36. The van der Waals surface area contributed by atoms with Crippen LogP contribution in [-0.2, 0) is 0 Å². The molecule has 0 radical (unpaired) electrons. The molecule has 0 saturated heterocycles. The second-order valence-electron chi connectivity index (χ2n) is 4.09. The number of carbonyl (C=O) groups excluding carboxylic acids is 1. The molecule has 0 aliphatic heterocycles. The second kappa shape index (κ2) is 5.35. The number of carbonyl (C=O) groups is 2. The molecule has 3 N–H and O–H groups in total. The third-order valence-corrected chi connectivity index (χ3v) is 2.75. The number of amides is 2. The summed E-state index contributed by atoms with van der Waals surface area (Å²) in [5.74, 6) is -1.06. The lowest BCUT2D eigenvalue weighted by atomic mass is 10.2. The van der Waals surface area contributed by atoms with Crippen LogP contribution in [-0.4, -0.2) is 23.1 Å². The first-order valence-electron chi connectivity index (χ1n) is 5.71. The molecule has 0 aromatic heterocycles. The Labute approximate surface area is 105 Å². The second-order valence-corrected chi connectivity index (χ2v) is 4.09. The van der Waals surface area contributed by atoms with Crippen molar-refractivity contribution in [2.24, 2.45) is 0 Å². The molecule has 0 spiro atoms. The third-order valence-electron chi connectivity index (χ3n) is 2.75. The van der Waals surface area contributed by atoms with Crippen molar-refractivity contribution in [1.29, 1.82) is 0 Å². The van der Waals surface area contributed by atoms with E-state index in [2.05, 4.69) is 10.6 Å². The Kier molecular flexibility index (Phi) is 3.62. The summed E-state index contributed by atoms with van der Waals surface area (Å²) in [5.41, 5.74) is 0.380. The van der Waals surface area contributed by atoms with Crippen molar-refractivity contribution in [1.82, 2.24) is 5.32 Å². The summed E-state index contributed by atoms with van der Waals surface area (Å²) in [6.07, 6.45) is 5.65. The van der Waals surface area contributed by atoms with Crippen molar-refractivity contribution < 1.29 is 14.7 Å². The molecule has 2 amide bonds. The van der Waals surface area contributed by atoms with E-state index in [0.717, 1.165) is 12.8 Å². The summed E-state index contributed by atoms with van der Waals surface area (Å²) in [5, 5.41) is 14.3. The van der Waals surface area contributed by atoms with E-state index in [1.165, 1.54) is 6.07 Å². The highest BCUT2D eigenvalue weighted by atomic mass is 16.4. The first-order valence-corrected chi connectivity index (χ1v) is 5.71. The van der Waals surface area contributed by atoms with Gasteiger partial charge in [-0.15, -0.1) is 0 Å². The first kappa shape index (κ1) is 12.2. The van der Waals surface area contributed by atoms with Crippen molar-refractivity contribution in [3.8, 4) is 0 Å². The van der Waals surface area contributed by atoms with Gasteiger partial charge in [-0.3, -0.25) is 0 Å². The van der Waals surface area contributed by atoms with Gasteiger partial charge in [-0.25, -0.2) is 9.59 Å². The summed E-state index contributed by atoms with van der Waals surface area (Å²) in [7, 11) is 0. The number of hydrogen-bond donors (Lipinski definition) is 3. The highest BCUT2D eigenvalue weighted by Crippen LogP contribution is 2.15. The molecule has 2 rings (SSSR count). The van der Waals surface area contributed by atoms with E-state index in [1.807, 2.05) is 12.2 Å². The van der Waals surface area contributed by atoms with Crippen molar-refractivity contribution in [2.75, 3.05) is 5.32 Å². The number of carboxylic acids is 1. The van der Waals surface area contributed by atoms with Crippen LogP contribution in [0.15, 0.2) is 36.4 Å². The number of urea groups is 1. The molecule has 5 heteroatoms. The van der Waals surface area contributed by atoms with Gasteiger partial charge in [0.1, 0.15) is 0 Å². The predicted octanol–water partition coefficient (Wildman–Crippen LogP) is 2.22. The van der Waals surface area contributed by atoms with Crippen molar-refractivity contribution in [3.63, 3.8) is 0 Å². The molecule has 1 aliphatic carbocycles.